The van der Waals surface area contributed by atoms with Crippen LogP contribution in [0.4, 0.5) is 10.6 Å². The Morgan fingerprint density at radius 1 is 1.53 bits per heavy atom. The molecule has 1 rings (SSSR count). The van der Waals surface area contributed by atoms with E-state index in [1.54, 1.807) is 26.2 Å². The third-order valence-electron chi connectivity index (χ3n) is 1.60. The molecule has 17 heavy (non-hydrogen) atoms. The zero-order chi connectivity index (χ0) is 13.1. The van der Waals surface area contributed by atoms with Crippen molar-refractivity contribution in [1.82, 2.24) is 4.98 Å². The van der Waals surface area contributed by atoms with Crippen molar-refractivity contribution in [3.8, 4) is 0 Å². The van der Waals surface area contributed by atoms with Crippen LogP contribution in [-0.2, 0) is 9.53 Å². The first-order valence-electron chi connectivity index (χ1n) is 4.90. The molecule has 0 aliphatic heterocycles. The normalized spacial score (nSPS) is 11.0. The van der Waals surface area contributed by atoms with Crippen LogP contribution in [0.2, 0.25) is 0 Å². The lowest BCUT2D eigenvalue weighted by Crippen LogP contribution is -2.40. The molecule has 1 N–H and O–H groups in total. The Kier molecular flexibility index (Phi) is 4.06. The van der Waals surface area contributed by atoms with Gasteiger partial charge in [-0.1, -0.05) is 0 Å². The quantitative estimate of drug-likeness (QED) is 0.896. The van der Waals surface area contributed by atoms with E-state index in [1.165, 1.54) is 16.8 Å². The minimum Gasteiger partial charge on any atom is -0.480 e. The van der Waals surface area contributed by atoms with Gasteiger partial charge in [-0.25, -0.2) is 14.7 Å². The maximum atomic E-state index is 11.8. The number of amides is 1. The van der Waals surface area contributed by atoms with Crippen molar-refractivity contribution in [2.45, 2.75) is 26.4 Å². The fraction of sp³-hybridized carbons (Fsp3) is 0.500. The molecule has 0 aliphatic rings. The number of hydrogen-bond acceptors (Lipinski definition) is 5. The van der Waals surface area contributed by atoms with Crippen molar-refractivity contribution in [1.29, 1.82) is 0 Å². The standard InChI is InChI=1S/C10H14N2O4S/c1-10(2,3)16-9(15)12(4-8(13)14)7-5-17-6-11-7/h5-6H,4H2,1-3H3,(H,13,14). The van der Waals surface area contributed by atoms with Gasteiger partial charge in [0, 0.05) is 5.38 Å². The molecule has 0 spiro atoms. The zero-order valence-corrected chi connectivity index (χ0v) is 10.7. The lowest BCUT2D eigenvalue weighted by atomic mass is 10.2. The minimum absolute atomic E-state index is 0.284. The summed E-state index contributed by atoms with van der Waals surface area (Å²) < 4.78 is 5.11. The molecule has 1 aromatic rings. The summed E-state index contributed by atoms with van der Waals surface area (Å²) in [5.41, 5.74) is 0.846. The van der Waals surface area contributed by atoms with Crippen molar-refractivity contribution in [2.75, 3.05) is 11.4 Å². The number of hydrogen-bond donors (Lipinski definition) is 1. The highest BCUT2D eigenvalue weighted by atomic mass is 32.1. The fourth-order valence-electron chi connectivity index (χ4n) is 1.03. The third kappa shape index (κ3) is 4.39. The predicted octanol–water partition coefficient (Wildman–Crippen LogP) is 1.97. The van der Waals surface area contributed by atoms with E-state index in [1.807, 2.05) is 0 Å². The highest BCUT2D eigenvalue weighted by Crippen LogP contribution is 2.17. The topological polar surface area (TPSA) is 79.7 Å². The molecule has 0 atom stereocenters. The Morgan fingerprint density at radius 3 is 2.59 bits per heavy atom. The molecule has 6 nitrogen and oxygen atoms in total. The van der Waals surface area contributed by atoms with Gasteiger partial charge in [-0.05, 0) is 20.8 Å². The molecule has 0 aliphatic carbocycles. The van der Waals surface area contributed by atoms with E-state index in [0.717, 1.165) is 4.90 Å². The molecule has 1 heterocycles. The van der Waals surface area contributed by atoms with Gasteiger partial charge in [0.15, 0.2) is 0 Å². The number of aliphatic carboxylic acids is 1. The summed E-state index contributed by atoms with van der Waals surface area (Å²) >= 11 is 1.28. The van der Waals surface area contributed by atoms with Crippen molar-refractivity contribution in [3.05, 3.63) is 10.9 Å². The number of aromatic nitrogens is 1. The number of nitrogens with zero attached hydrogens (tertiary/aromatic N) is 2. The third-order valence-corrected chi connectivity index (χ3v) is 2.18. The monoisotopic (exact) mass is 258 g/mol. The summed E-state index contributed by atoms with van der Waals surface area (Å²) in [7, 11) is 0. The highest BCUT2D eigenvalue weighted by molar-refractivity contribution is 7.07. The zero-order valence-electron chi connectivity index (χ0n) is 9.84. The molecule has 0 radical (unpaired) electrons. The van der Waals surface area contributed by atoms with Gasteiger partial charge in [0.1, 0.15) is 18.0 Å². The van der Waals surface area contributed by atoms with Gasteiger partial charge in [-0.15, -0.1) is 11.3 Å². The second-order valence-electron chi connectivity index (χ2n) is 4.31. The van der Waals surface area contributed by atoms with Crippen LogP contribution in [0.5, 0.6) is 0 Å². The van der Waals surface area contributed by atoms with Crippen LogP contribution < -0.4 is 4.90 Å². The Balaban J connectivity index is 2.84. The summed E-state index contributed by atoms with van der Waals surface area (Å²) in [6.07, 6.45) is -0.717. The van der Waals surface area contributed by atoms with Crippen molar-refractivity contribution < 1.29 is 19.4 Å². The average Bonchev–Trinajstić information content (AvgIpc) is 2.63. The maximum absolute atomic E-state index is 11.8. The number of carboxylic acid groups (broad SMARTS) is 1. The van der Waals surface area contributed by atoms with Gasteiger partial charge in [0.25, 0.3) is 0 Å². The summed E-state index contributed by atoms with van der Waals surface area (Å²) in [5, 5.41) is 10.3. The molecule has 0 bridgehead atoms. The molecule has 1 aromatic heterocycles. The first-order valence-corrected chi connectivity index (χ1v) is 5.84. The Hall–Kier alpha value is -1.63. The van der Waals surface area contributed by atoms with E-state index in [9.17, 15) is 9.59 Å². The number of rotatable bonds is 3. The molecule has 0 unspecified atom stereocenters. The van der Waals surface area contributed by atoms with Gasteiger partial charge < -0.3 is 9.84 Å². The van der Waals surface area contributed by atoms with Crippen LogP contribution in [0.25, 0.3) is 0 Å². The SMILES string of the molecule is CC(C)(C)OC(=O)N(CC(=O)O)c1cscn1. The highest BCUT2D eigenvalue weighted by Gasteiger charge is 2.26. The number of ether oxygens (including phenoxy) is 1. The van der Waals surface area contributed by atoms with E-state index in [0.29, 0.717) is 0 Å². The predicted molar refractivity (Wildman–Crippen MR) is 63.3 cm³/mol. The molecular formula is C10H14N2O4S. The Labute approximate surface area is 103 Å². The first-order chi connectivity index (χ1) is 7.79. The molecule has 94 valence electrons. The largest absolute Gasteiger partial charge is 0.480 e. The molecule has 0 saturated carbocycles. The lowest BCUT2D eigenvalue weighted by Gasteiger charge is -2.24. The molecule has 7 heteroatoms. The Bertz CT molecular complexity index is 397. The van der Waals surface area contributed by atoms with E-state index in [2.05, 4.69) is 4.98 Å². The van der Waals surface area contributed by atoms with E-state index < -0.39 is 24.2 Å². The minimum atomic E-state index is -1.12. The van der Waals surface area contributed by atoms with Crippen LogP contribution in [0.15, 0.2) is 10.9 Å². The number of carbonyl (C=O) groups is 2. The van der Waals surface area contributed by atoms with E-state index >= 15 is 0 Å². The summed E-state index contributed by atoms with van der Waals surface area (Å²) in [6.45, 7) is 4.67. The van der Waals surface area contributed by atoms with Crippen LogP contribution in [0.1, 0.15) is 20.8 Å². The van der Waals surface area contributed by atoms with E-state index in [4.69, 9.17) is 9.84 Å². The molecule has 1 amide bonds. The van der Waals surface area contributed by atoms with Gasteiger partial charge in [-0.2, -0.15) is 0 Å². The van der Waals surface area contributed by atoms with Crippen LogP contribution in [0.3, 0.4) is 0 Å². The molecule has 0 aromatic carbocycles. The van der Waals surface area contributed by atoms with Gasteiger partial charge in [0.05, 0.1) is 5.51 Å². The fourth-order valence-corrected chi connectivity index (χ4v) is 1.57. The van der Waals surface area contributed by atoms with Gasteiger partial charge >= 0.3 is 12.1 Å². The van der Waals surface area contributed by atoms with Gasteiger partial charge in [0.2, 0.25) is 0 Å². The maximum Gasteiger partial charge on any atom is 0.416 e. The first kappa shape index (κ1) is 13.4. The number of carbonyl (C=O) groups excluding carboxylic acids is 1. The van der Waals surface area contributed by atoms with Crippen LogP contribution in [0, 0.1) is 0 Å². The molecule has 0 saturated heterocycles. The number of anilines is 1. The number of carboxylic acids is 1. The average molecular weight is 258 g/mol. The van der Waals surface area contributed by atoms with Crippen LogP contribution in [-0.4, -0.2) is 34.3 Å². The summed E-state index contributed by atoms with van der Waals surface area (Å²) in [4.78, 5) is 27.4. The Morgan fingerprint density at radius 2 is 2.18 bits per heavy atom. The summed E-state index contributed by atoms with van der Waals surface area (Å²) in [6, 6.07) is 0. The van der Waals surface area contributed by atoms with Crippen LogP contribution >= 0.6 is 11.3 Å². The second kappa shape index (κ2) is 5.13. The van der Waals surface area contributed by atoms with Crippen molar-refractivity contribution >= 4 is 29.2 Å². The summed E-state index contributed by atoms with van der Waals surface area (Å²) in [5.74, 6) is -0.837. The van der Waals surface area contributed by atoms with E-state index in [-0.39, 0.29) is 5.82 Å². The number of thiazole rings is 1. The smallest absolute Gasteiger partial charge is 0.416 e. The molecule has 0 fully saturated rings. The second-order valence-corrected chi connectivity index (χ2v) is 5.03. The van der Waals surface area contributed by atoms with Crippen molar-refractivity contribution in [3.63, 3.8) is 0 Å². The lowest BCUT2D eigenvalue weighted by molar-refractivity contribution is -0.135. The molecular weight excluding hydrogens is 244 g/mol. The van der Waals surface area contributed by atoms with Gasteiger partial charge in [-0.3, -0.25) is 4.79 Å². The van der Waals surface area contributed by atoms with Crippen molar-refractivity contribution in [2.24, 2.45) is 0 Å².